The molecule has 4 rings (SSSR count). The monoisotopic (exact) mass is 272 g/mol. The van der Waals surface area contributed by atoms with Crippen LogP contribution < -0.4 is 0 Å². The first-order valence-electron chi connectivity index (χ1n) is 6.81. The quantitative estimate of drug-likeness (QED) is 0.768. The van der Waals surface area contributed by atoms with Gasteiger partial charge in [-0.05, 0) is 31.2 Å². The molecule has 0 bridgehead atoms. The van der Waals surface area contributed by atoms with Gasteiger partial charge in [0.1, 0.15) is 5.52 Å². The molecule has 0 atom stereocenters. The number of nitrogens with zero attached hydrogens (tertiary/aromatic N) is 3. The van der Waals surface area contributed by atoms with Crippen LogP contribution in [-0.4, -0.2) is 19.7 Å². The Kier molecular flexibility index (Phi) is 2.48. The van der Waals surface area contributed by atoms with Crippen molar-refractivity contribution in [3.05, 3.63) is 23.2 Å². The van der Waals surface area contributed by atoms with E-state index in [1.807, 2.05) is 0 Å². The smallest absolute Gasteiger partial charge is 0.177 e. The fourth-order valence-corrected chi connectivity index (χ4v) is 3.64. The van der Waals surface area contributed by atoms with Gasteiger partial charge in [0.05, 0.1) is 16.6 Å². The summed E-state index contributed by atoms with van der Waals surface area (Å²) in [5.74, 6) is 0.970. The summed E-state index contributed by atoms with van der Waals surface area (Å²) in [6, 6.07) is 4.70. The number of imidazole rings is 1. The third-order valence-corrected chi connectivity index (χ3v) is 4.82. The number of aromatic nitrogens is 4. The number of hydrogen-bond donors (Lipinski definition) is 1. The van der Waals surface area contributed by atoms with Crippen molar-refractivity contribution < 1.29 is 0 Å². The van der Waals surface area contributed by atoms with Gasteiger partial charge in [0.25, 0.3) is 0 Å². The molecule has 0 aromatic carbocycles. The predicted molar refractivity (Wildman–Crippen MR) is 77.4 cm³/mol. The van der Waals surface area contributed by atoms with E-state index in [0.717, 1.165) is 22.7 Å². The zero-order chi connectivity index (χ0) is 12.8. The highest BCUT2D eigenvalue weighted by Crippen LogP contribution is 2.33. The molecule has 19 heavy (non-hydrogen) atoms. The van der Waals surface area contributed by atoms with Gasteiger partial charge in [0.15, 0.2) is 11.5 Å². The Labute approximate surface area is 115 Å². The molecule has 3 aromatic rings. The molecule has 1 aliphatic carbocycles. The Morgan fingerprint density at radius 3 is 2.95 bits per heavy atom. The second-order valence-corrected chi connectivity index (χ2v) is 6.18. The van der Waals surface area contributed by atoms with Crippen LogP contribution in [-0.2, 0) is 0 Å². The molecular formula is C14H16N4S. The zero-order valence-corrected chi connectivity index (χ0v) is 11.7. The summed E-state index contributed by atoms with van der Waals surface area (Å²) < 4.78 is 2.14. The van der Waals surface area contributed by atoms with Gasteiger partial charge in [-0.25, -0.2) is 9.67 Å². The molecule has 3 aromatic heterocycles. The summed E-state index contributed by atoms with van der Waals surface area (Å²) in [4.78, 5) is 9.39. The van der Waals surface area contributed by atoms with Crippen LogP contribution in [0.3, 0.4) is 0 Å². The first-order valence-corrected chi connectivity index (χ1v) is 7.69. The van der Waals surface area contributed by atoms with E-state index in [9.17, 15) is 0 Å². The van der Waals surface area contributed by atoms with Crippen LogP contribution in [0.2, 0.25) is 0 Å². The topological polar surface area (TPSA) is 46.5 Å². The number of nitrogens with one attached hydrogen (secondary N) is 1. The van der Waals surface area contributed by atoms with Crippen LogP contribution >= 0.6 is 11.3 Å². The first kappa shape index (κ1) is 11.2. The Balaban J connectivity index is 1.86. The molecule has 0 radical (unpaired) electrons. The molecular weight excluding hydrogens is 256 g/mol. The molecule has 1 saturated carbocycles. The number of hydrogen-bond acceptors (Lipinski definition) is 3. The highest BCUT2D eigenvalue weighted by Gasteiger charge is 2.23. The molecule has 3 heterocycles. The van der Waals surface area contributed by atoms with Crippen molar-refractivity contribution in [1.82, 2.24) is 19.7 Å². The van der Waals surface area contributed by atoms with Crippen molar-refractivity contribution in [2.45, 2.75) is 38.6 Å². The fourth-order valence-electron chi connectivity index (χ4n) is 2.97. The van der Waals surface area contributed by atoms with E-state index in [0.29, 0.717) is 6.04 Å². The maximum Gasteiger partial charge on any atom is 0.177 e. The van der Waals surface area contributed by atoms with E-state index in [1.54, 1.807) is 11.3 Å². The first-order chi connectivity index (χ1) is 9.33. The molecule has 0 unspecified atom stereocenters. The molecule has 98 valence electrons. The number of fused-ring (bicyclic) bond motifs is 1. The van der Waals surface area contributed by atoms with Gasteiger partial charge in [0, 0.05) is 0 Å². The maximum absolute atomic E-state index is 4.78. The Hall–Kier alpha value is -1.62. The average Bonchev–Trinajstić information content (AvgIpc) is 3.16. The molecule has 0 amide bonds. The summed E-state index contributed by atoms with van der Waals surface area (Å²) in [6.45, 7) is 2.06. The van der Waals surface area contributed by atoms with Crippen LogP contribution in [0, 0.1) is 6.92 Å². The van der Waals surface area contributed by atoms with E-state index in [4.69, 9.17) is 4.98 Å². The van der Waals surface area contributed by atoms with Crippen molar-refractivity contribution in [2.24, 2.45) is 0 Å². The van der Waals surface area contributed by atoms with Crippen molar-refractivity contribution >= 4 is 22.5 Å². The highest BCUT2D eigenvalue weighted by molar-refractivity contribution is 7.13. The average molecular weight is 272 g/mol. The number of rotatable bonds is 2. The van der Waals surface area contributed by atoms with Gasteiger partial charge in [-0.3, -0.25) is 0 Å². The molecule has 4 nitrogen and oxygen atoms in total. The summed E-state index contributed by atoms with van der Waals surface area (Å²) in [5.41, 5.74) is 3.17. The van der Waals surface area contributed by atoms with Gasteiger partial charge in [-0.2, -0.15) is 5.10 Å². The molecule has 0 saturated heterocycles. The summed E-state index contributed by atoms with van der Waals surface area (Å²) in [7, 11) is 0. The number of thiophene rings is 1. The van der Waals surface area contributed by atoms with Crippen molar-refractivity contribution in [1.29, 1.82) is 0 Å². The minimum absolute atomic E-state index is 0.538. The molecule has 1 fully saturated rings. The standard InChI is InChI=1S/C14H16N4S/c1-9-12-14(18(17-9)10-5-2-3-6-10)16-13(15-12)11-7-4-8-19-11/h4,7-8,10H,2-3,5-6H2,1H3,(H,15,16). The lowest BCUT2D eigenvalue weighted by molar-refractivity contribution is 0.476. The second kappa shape index (κ2) is 4.20. The molecule has 1 N–H and O–H groups in total. The number of aromatic amines is 1. The third-order valence-electron chi connectivity index (χ3n) is 3.95. The van der Waals surface area contributed by atoms with Crippen molar-refractivity contribution in [3.63, 3.8) is 0 Å². The van der Waals surface area contributed by atoms with Gasteiger partial charge in [0.2, 0.25) is 0 Å². The van der Waals surface area contributed by atoms with Gasteiger partial charge >= 0.3 is 0 Å². The van der Waals surface area contributed by atoms with E-state index in [-0.39, 0.29) is 0 Å². The van der Waals surface area contributed by atoms with Crippen molar-refractivity contribution in [2.75, 3.05) is 0 Å². The van der Waals surface area contributed by atoms with Crippen LogP contribution in [0.5, 0.6) is 0 Å². The molecule has 1 aliphatic rings. The maximum atomic E-state index is 4.78. The number of H-pyrrole nitrogens is 1. The normalized spacial score (nSPS) is 16.7. The van der Waals surface area contributed by atoms with Crippen LogP contribution in [0.1, 0.15) is 37.4 Å². The minimum Gasteiger partial charge on any atom is -0.334 e. The largest absolute Gasteiger partial charge is 0.334 e. The van der Waals surface area contributed by atoms with Crippen LogP contribution in [0.25, 0.3) is 21.9 Å². The minimum atomic E-state index is 0.538. The highest BCUT2D eigenvalue weighted by atomic mass is 32.1. The lowest BCUT2D eigenvalue weighted by Gasteiger charge is -2.09. The Bertz CT molecular complexity index is 701. The van der Waals surface area contributed by atoms with Gasteiger partial charge in [-0.15, -0.1) is 11.3 Å². The van der Waals surface area contributed by atoms with Crippen molar-refractivity contribution in [3.8, 4) is 10.7 Å². The summed E-state index contributed by atoms with van der Waals surface area (Å²) in [5, 5.41) is 6.76. The lowest BCUT2D eigenvalue weighted by Crippen LogP contribution is -2.06. The van der Waals surface area contributed by atoms with Gasteiger partial charge in [-0.1, -0.05) is 18.9 Å². The van der Waals surface area contributed by atoms with E-state index < -0.39 is 0 Å². The Morgan fingerprint density at radius 2 is 2.21 bits per heavy atom. The fraction of sp³-hybridized carbons (Fsp3) is 0.429. The zero-order valence-electron chi connectivity index (χ0n) is 10.9. The third kappa shape index (κ3) is 1.72. The van der Waals surface area contributed by atoms with E-state index in [2.05, 4.69) is 39.2 Å². The predicted octanol–water partition coefficient (Wildman–Crippen LogP) is 3.91. The van der Waals surface area contributed by atoms with Gasteiger partial charge < -0.3 is 4.98 Å². The molecule has 0 aliphatic heterocycles. The number of aryl methyl sites for hydroxylation is 1. The summed E-state index contributed by atoms with van der Waals surface area (Å²) in [6.07, 6.45) is 5.09. The SMILES string of the molecule is Cc1nn(C2CCCC2)c2nc(-c3cccs3)[nH]c12. The lowest BCUT2D eigenvalue weighted by atomic mass is 10.2. The van der Waals surface area contributed by atoms with E-state index >= 15 is 0 Å². The van der Waals surface area contributed by atoms with Crippen LogP contribution in [0.15, 0.2) is 17.5 Å². The summed E-state index contributed by atoms with van der Waals surface area (Å²) >= 11 is 1.72. The van der Waals surface area contributed by atoms with E-state index in [1.165, 1.54) is 30.6 Å². The molecule has 5 heteroatoms. The second-order valence-electron chi connectivity index (χ2n) is 5.23. The molecule has 0 spiro atoms. The van der Waals surface area contributed by atoms with Crippen LogP contribution in [0.4, 0.5) is 0 Å². The Morgan fingerprint density at radius 1 is 1.37 bits per heavy atom.